The van der Waals surface area contributed by atoms with Crippen LogP contribution in [0, 0.1) is 0 Å². The summed E-state index contributed by atoms with van der Waals surface area (Å²) >= 11 is -0.641. The number of hydrogen-bond acceptors (Lipinski definition) is 0. The van der Waals surface area contributed by atoms with Crippen LogP contribution in [0.15, 0.2) is 0 Å². The zero-order valence-corrected chi connectivity index (χ0v) is 12.4. The van der Waals surface area contributed by atoms with E-state index in [1.54, 1.807) is 5.25 Å². The maximum absolute atomic E-state index is 2.51. The summed E-state index contributed by atoms with van der Waals surface area (Å²) in [5.74, 6) is 5.02. The summed E-state index contributed by atoms with van der Waals surface area (Å²) < 4.78 is 0. The molecule has 0 saturated carbocycles. The molecule has 0 aliphatic heterocycles. The molecule has 0 aromatic rings. The van der Waals surface area contributed by atoms with Gasteiger partial charge in [0.2, 0.25) is 0 Å². The predicted octanol–water partition coefficient (Wildman–Crippen LogP) is 4.61. The van der Waals surface area contributed by atoms with Gasteiger partial charge >= 0.3 is 89.4 Å². The average Bonchev–Trinajstić information content (AvgIpc) is 2.09. The molecule has 80 valence electrons. The zero-order valence-electron chi connectivity index (χ0n) is 9.94. The monoisotopic (exact) mass is 246 g/mol. The van der Waals surface area contributed by atoms with Gasteiger partial charge in [0.05, 0.1) is 0 Å². The molecule has 0 radical (unpaired) electrons. The van der Waals surface area contributed by atoms with Crippen molar-refractivity contribution >= 4 is 14.3 Å². The van der Waals surface area contributed by atoms with Gasteiger partial charge in [-0.15, -0.1) is 0 Å². The van der Waals surface area contributed by atoms with Crippen LogP contribution < -0.4 is 0 Å². The van der Waals surface area contributed by atoms with E-state index < -0.39 is 14.3 Å². The Labute approximate surface area is 89.6 Å². The Kier molecular flexibility index (Phi) is 11.1. The Morgan fingerprint density at radius 3 is 1.62 bits per heavy atom. The van der Waals surface area contributed by atoms with Crippen molar-refractivity contribution < 1.29 is 0 Å². The molecule has 0 aromatic carbocycles. The quantitative estimate of drug-likeness (QED) is 0.410. The summed E-state index contributed by atoms with van der Waals surface area (Å²) in [6.45, 7) is 2.29. The first-order valence-corrected chi connectivity index (χ1v) is 12.8. The van der Waals surface area contributed by atoms with Gasteiger partial charge in [-0.05, 0) is 0 Å². The van der Waals surface area contributed by atoms with E-state index in [-0.39, 0.29) is 0 Å². The second-order valence-corrected chi connectivity index (χ2v) is 11.7. The Morgan fingerprint density at radius 1 is 0.692 bits per heavy atom. The van der Waals surface area contributed by atoms with Gasteiger partial charge in [0, 0.05) is 0 Å². The van der Waals surface area contributed by atoms with E-state index in [9.17, 15) is 0 Å². The van der Waals surface area contributed by atoms with Gasteiger partial charge in [-0.25, -0.2) is 0 Å². The third-order valence-corrected chi connectivity index (χ3v) is 5.91. The van der Waals surface area contributed by atoms with Crippen LogP contribution in [0.3, 0.4) is 0 Å². The van der Waals surface area contributed by atoms with E-state index >= 15 is 0 Å². The van der Waals surface area contributed by atoms with Crippen LogP contribution in [-0.2, 0) is 0 Å². The van der Waals surface area contributed by atoms with Crippen LogP contribution in [0.5, 0.6) is 0 Å². The minimum atomic E-state index is -0.641. The SMILES string of the molecule is CCCCCCCCC[CH2][GeH]([CH3])[CH3]. The molecule has 0 heterocycles. The van der Waals surface area contributed by atoms with Gasteiger partial charge in [-0.3, -0.25) is 0 Å². The normalized spacial score (nSPS) is 11.1. The Morgan fingerprint density at radius 2 is 1.15 bits per heavy atom. The van der Waals surface area contributed by atoms with Crippen LogP contribution in [0.2, 0.25) is 16.8 Å². The van der Waals surface area contributed by atoms with Crippen molar-refractivity contribution in [2.75, 3.05) is 0 Å². The van der Waals surface area contributed by atoms with Crippen LogP contribution in [0.4, 0.5) is 0 Å². The molecule has 0 nitrogen and oxygen atoms in total. The maximum atomic E-state index is 2.51. The second-order valence-electron chi connectivity index (χ2n) is 4.66. The molecule has 0 rings (SSSR count). The van der Waals surface area contributed by atoms with Gasteiger partial charge < -0.3 is 0 Å². The molecular formula is C12H28Ge. The van der Waals surface area contributed by atoms with Gasteiger partial charge in [-0.2, -0.15) is 0 Å². The van der Waals surface area contributed by atoms with E-state index in [1.807, 2.05) is 0 Å². The van der Waals surface area contributed by atoms with E-state index in [4.69, 9.17) is 0 Å². The molecule has 0 spiro atoms. The average molecular weight is 245 g/mol. The van der Waals surface area contributed by atoms with Crippen LogP contribution in [0.1, 0.15) is 58.3 Å². The molecule has 0 atom stereocenters. The third kappa shape index (κ3) is 12.5. The first kappa shape index (κ1) is 13.5. The third-order valence-electron chi connectivity index (χ3n) is 2.64. The second kappa shape index (κ2) is 10.6. The van der Waals surface area contributed by atoms with E-state index in [0.29, 0.717) is 0 Å². The van der Waals surface area contributed by atoms with Crippen molar-refractivity contribution in [3.05, 3.63) is 0 Å². The number of unbranched alkanes of at least 4 members (excludes halogenated alkanes) is 7. The summed E-state index contributed by atoms with van der Waals surface area (Å²) in [6.07, 6.45) is 11.8. The van der Waals surface area contributed by atoms with Gasteiger partial charge in [0.1, 0.15) is 0 Å². The minimum absolute atomic E-state index is 0.641. The molecule has 0 aliphatic rings. The summed E-state index contributed by atoms with van der Waals surface area (Å²) in [5, 5.41) is 1.61. The Hall–Kier alpha value is 0.543. The Bertz CT molecular complexity index is 89.1. The van der Waals surface area contributed by atoms with Crippen molar-refractivity contribution in [2.45, 2.75) is 75.1 Å². The molecule has 0 unspecified atom stereocenters. The Balaban J connectivity index is 2.84. The fraction of sp³-hybridized carbons (Fsp3) is 1.00. The summed E-state index contributed by atoms with van der Waals surface area (Å²) in [5.41, 5.74) is 0. The fourth-order valence-electron chi connectivity index (χ4n) is 1.69. The first-order chi connectivity index (χ1) is 6.27. The van der Waals surface area contributed by atoms with Crippen LogP contribution in [-0.4, -0.2) is 14.3 Å². The topological polar surface area (TPSA) is 0 Å². The predicted molar refractivity (Wildman–Crippen MR) is 66.3 cm³/mol. The molecule has 0 amide bonds. The van der Waals surface area contributed by atoms with E-state index in [0.717, 1.165) is 0 Å². The van der Waals surface area contributed by atoms with E-state index in [2.05, 4.69) is 18.4 Å². The summed E-state index contributed by atoms with van der Waals surface area (Å²) in [4.78, 5) is 0. The van der Waals surface area contributed by atoms with E-state index in [1.165, 1.54) is 51.4 Å². The number of hydrogen-bond donors (Lipinski definition) is 0. The number of rotatable bonds is 9. The standard InChI is InChI=1S/C12H28Ge/c1-4-5-6-7-8-9-10-11-12-13(2)3/h13H,4-12H2,1-3H3. The van der Waals surface area contributed by atoms with Crippen molar-refractivity contribution in [3.63, 3.8) is 0 Å². The zero-order chi connectivity index (χ0) is 9.94. The van der Waals surface area contributed by atoms with Crippen molar-refractivity contribution in [2.24, 2.45) is 0 Å². The van der Waals surface area contributed by atoms with Crippen molar-refractivity contribution in [1.82, 2.24) is 0 Å². The molecule has 0 aliphatic carbocycles. The van der Waals surface area contributed by atoms with Gasteiger partial charge in [0.15, 0.2) is 0 Å². The molecule has 0 saturated heterocycles. The molecule has 13 heavy (non-hydrogen) atoms. The molecule has 0 N–H and O–H groups in total. The van der Waals surface area contributed by atoms with Crippen molar-refractivity contribution in [3.8, 4) is 0 Å². The molecular weight excluding hydrogens is 217 g/mol. The van der Waals surface area contributed by atoms with Gasteiger partial charge in [-0.1, -0.05) is 0 Å². The molecule has 1 heteroatoms. The van der Waals surface area contributed by atoms with Crippen LogP contribution in [0.25, 0.3) is 0 Å². The first-order valence-electron chi connectivity index (χ1n) is 6.27. The van der Waals surface area contributed by atoms with Gasteiger partial charge in [0.25, 0.3) is 0 Å². The fourth-order valence-corrected chi connectivity index (χ4v) is 4.01. The summed E-state index contributed by atoms with van der Waals surface area (Å²) in [6, 6.07) is 0. The molecule has 0 fully saturated rings. The van der Waals surface area contributed by atoms with Crippen LogP contribution >= 0.6 is 0 Å². The molecule has 0 aromatic heterocycles. The van der Waals surface area contributed by atoms with Crippen molar-refractivity contribution in [1.29, 1.82) is 0 Å². The summed E-state index contributed by atoms with van der Waals surface area (Å²) in [7, 11) is 0. The molecule has 0 bridgehead atoms.